The number of hydrogen-bond acceptors (Lipinski definition) is 3. The van der Waals surface area contributed by atoms with Gasteiger partial charge in [0.15, 0.2) is 0 Å². The number of nitrogens with zero attached hydrogens (tertiary/aromatic N) is 3. The Labute approximate surface area is 124 Å². The first-order valence-corrected chi connectivity index (χ1v) is 7.59. The lowest BCUT2D eigenvalue weighted by Crippen LogP contribution is -2.43. The van der Waals surface area contributed by atoms with E-state index in [0.29, 0.717) is 16.7 Å². The molecule has 2 aromatic rings. The number of anilines is 1. The molecule has 0 saturated carbocycles. The quantitative estimate of drug-likeness (QED) is 0.859. The number of rotatable bonds is 2. The fourth-order valence-corrected chi connectivity index (χ4v) is 3.14. The molecule has 2 unspecified atom stereocenters. The lowest BCUT2D eigenvalue weighted by molar-refractivity contribution is 0.358. The van der Waals surface area contributed by atoms with Gasteiger partial charge in [0.05, 0.1) is 5.69 Å². The molecule has 4 nitrogen and oxygen atoms in total. The second kappa shape index (κ2) is 5.40. The predicted octanol–water partition coefficient (Wildman–Crippen LogP) is 3.55. The fraction of sp³-hybridized carbons (Fsp3) is 0.467. The molecule has 106 valence electrons. The number of para-hydroxylation sites is 1. The van der Waals surface area contributed by atoms with E-state index in [9.17, 15) is 0 Å². The smallest absolute Gasteiger partial charge is 0.230 e. The van der Waals surface area contributed by atoms with Gasteiger partial charge in [-0.05, 0) is 50.0 Å². The summed E-state index contributed by atoms with van der Waals surface area (Å²) in [6.07, 6.45) is 2.49. The van der Waals surface area contributed by atoms with Crippen molar-refractivity contribution in [3.63, 3.8) is 0 Å². The summed E-state index contributed by atoms with van der Waals surface area (Å²) in [5, 5.41) is 7.41. The Kier molecular flexibility index (Phi) is 3.61. The number of nitrogens with one attached hydrogen (secondary N) is 1. The standard InChI is InChI=1S/C15H20N4S/c1-11-7-6-10-18(12(11)2)14-16-17-15(20)19(14)13-8-4-3-5-9-13/h3-5,8-9,11-12H,6-7,10H2,1-2H3,(H,17,20). The van der Waals surface area contributed by atoms with Crippen LogP contribution in [0.5, 0.6) is 0 Å². The fourth-order valence-electron chi connectivity index (χ4n) is 2.91. The van der Waals surface area contributed by atoms with Gasteiger partial charge in [0.2, 0.25) is 10.7 Å². The topological polar surface area (TPSA) is 36.9 Å². The van der Waals surface area contributed by atoms with E-state index < -0.39 is 0 Å². The zero-order chi connectivity index (χ0) is 14.1. The summed E-state index contributed by atoms with van der Waals surface area (Å²) in [5.41, 5.74) is 1.06. The molecule has 2 heterocycles. The highest BCUT2D eigenvalue weighted by molar-refractivity contribution is 7.71. The third kappa shape index (κ3) is 2.26. The average molecular weight is 288 g/mol. The molecule has 0 spiro atoms. The van der Waals surface area contributed by atoms with E-state index in [1.165, 1.54) is 12.8 Å². The highest BCUT2D eigenvalue weighted by Crippen LogP contribution is 2.28. The second-order valence-corrected chi connectivity index (χ2v) is 5.94. The van der Waals surface area contributed by atoms with E-state index in [0.717, 1.165) is 18.2 Å². The van der Waals surface area contributed by atoms with Crippen molar-refractivity contribution >= 4 is 18.2 Å². The Bertz CT molecular complexity index is 631. The van der Waals surface area contributed by atoms with E-state index in [4.69, 9.17) is 12.2 Å². The largest absolute Gasteiger partial charge is 0.338 e. The molecule has 0 bridgehead atoms. The lowest BCUT2D eigenvalue weighted by Gasteiger charge is -2.38. The van der Waals surface area contributed by atoms with Gasteiger partial charge in [0.25, 0.3) is 0 Å². The molecule has 0 radical (unpaired) electrons. The van der Waals surface area contributed by atoms with Crippen molar-refractivity contribution in [2.45, 2.75) is 32.7 Å². The summed E-state index contributed by atoms with van der Waals surface area (Å²) >= 11 is 5.41. The highest BCUT2D eigenvalue weighted by atomic mass is 32.1. The van der Waals surface area contributed by atoms with Gasteiger partial charge in [-0.15, -0.1) is 5.10 Å². The molecule has 1 aliphatic rings. The Morgan fingerprint density at radius 3 is 2.75 bits per heavy atom. The van der Waals surface area contributed by atoms with E-state index >= 15 is 0 Å². The van der Waals surface area contributed by atoms with Crippen molar-refractivity contribution in [2.24, 2.45) is 5.92 Å². The third-order valence-corrected chi connectivity index (χ3v) is 4.57. The van der Waals surface area contributed by atoms with Crippen LogP contribution in [0.25, 0.3) is 5.69 Å². The van der Waals surface area contributed by atoms with Crippen LogP contribution in [0.2, 0.25) is 0 Å². The van der Waals surface area contributed by atoms with E-state index in [1.807, 2.05) is 22.8 Å². The van der Waals surface area contributed by atoms with Crippen LogP contribution in [0.1, 0.15) is 26.7 Å². The highest BCUT2D eigenvalue weighted by Gasteiger charge is 2.28. The molecule has 1 aromatic carbocycles. The first kappa shape index (κ1) is 13.4. The summed E-state index contributed by atoms with van der Waals surface area (Å²) in [7, 11) is 0. The number of aromatic nitrogens is 3. The summed E-state index contributed by atoms with van der Waals surface area (Å²) in [6.45, 7) is 5.62. The minimum absolute atomic E-state index is 0.483. The number of H-pyrrole nitrogens is 1. The minimum atomic E-state index is 0.483. The van der Waals surface area contributed by atoms with Gasteiger partial charge in [0, 0.05) is 12.6 Å². The summed E-state index contributed by atoms with van der Waals surface area (Å²) < 4.78 is 2.68. The number of piperidine rings is 1. The van der Waals surface area contributed by atoms with Gasteiger partial charge < -0.3 is 4.90 Å². The predicted molar refractivity (Wildman–Crippen MR) is 84.0 cm³/mol. The van der Waals surface area contributed by atoms with Gasteiger partial charge in [-0.3, -0.25) is 4.57 Å². The van der Waals surface area contributed by atoms with Crippen LogP contribution in [-0.2, 0) is 0 Å². The van der Waals surface area contributed by atoms with Crippen LogP contribution in [0, 0.1) is 10.7 Å². The van der Waals surface area contributed by atoms with Crippen LogP contribution in [-0.4, -0.2) is 27.4 Å². The van der Waals surface area contributed by atoms with E-state index in [1.54, 1.807) is 0 Å². The van der Waals surface area contributed by atoms with Crippen molar-refractivity contribution in [3.05, 3.63) is 35.1 Å². The monoisotopic (exact) mass is 288 g/mol. The van der Waals surface area contributed by atoms with Crippen LogP contribution in [0.15, 0.2) is 30.3 Å². The SMILES string of the molecule is CC1CCCN(c2n[nH]c(=S)n2-c2ccccc2)C1C. The maximum Gasteiger partial charge on any atom is 0.230 e. The molecule has 20 heavy (non-hydrogen) atoms. The maximum atomic E-state index is 5.41. The van der Waals surface area contributed by atoms with Gasteiger partial charge >= 0.3 is 0 Å². The van der Waals surface area contributed by atoms with Crippen LogP contribution >= 0.6 is 12.2 Å². The molecule has 1 saturated heterocycles. The van der Waals surface area contributed by atoms with Gasteiger partial charge in [-0.1, -0.05) is 25.1 Å². The van der Waals surface area contributed by atoms with Crippen molar-refractivity contribution < 1.29 is 0 Å². The van der Waals surface area contributed by atoms with Crippen LogP contribution < -0.4 is 4.90 Å². The summed E-state index contributed by atoms with van der Waals surface area (Å²) in [5.74, 6) is 1.61. The molecule has 0 amide bonds. The normalized spacial score (nSPS) is 23.0. The maximum absolute atomic E-state index is 5.41. The number of aromatic amines is 1. The molecule has 2 atom stereocenters. The van der Waals surface area contributed by atoms with Crippen LogP contribution in [0.3, 0.4) is 0 Å². The Balaban J connectivity index is 2.05. The average Bonchev–Trinajstić information content (AvgIpc) is 2.84. The molecule has 0 aliphatic carbocycles. The van der Waals surface area contributed by atoms with Gasteiger partial charge in [-0.2, -0.15) is 0 Å². The Morgan fingerprint density at radius 2 is 2.00 bits per heavy atom. The van der Waals surface area contributed by atoms with Gasteiger partial charge in [-0.25, -0.2) is 5.10 Å². The first-order valence-electron chi connectivity index (χ1n) is 7.18. The zero-order valence-corrected chi connectivity index (χ0v) is 12.7. The minimum Gasteiger partial charge on any atom is -0.338 e. The Morgan fingerprint density at radius 1 is 1.25 bits per heavy atom. The third-order valence-electron chi connectivity index (χ3n) is 4.30. The lowest BCUT2D eigenvalue weighted by atomic mass is 9.92. The Hall–Kier alpha value is -1.62. The zero-order valence-electron chi connectivity index (χ0n) is 11.9. The van der Waals surface area contributed by atoms with Crippen molar-refractivity contribution in [1.29, 1.82) is 0 Å². The molecule has 1 aromatic heterocycles. The molecule has 5 heteroatoms. The van der Waals surface area contributed by atoms with E-state index in [2.05, 4.69) is 41.1 Å². The van der Waals surface area contributed by atoms with Crippen molar-refractivity contribution in [2.75, 3.05) is 11.4 Å². The molecular weight excluding hydrogens is 268 g/mol. The van der Waals surface area contributed by atoms with Gasteiger partial charge in [0.1, 0.15) is 0 Å². The van der Waals surface area contributed by atoms with E-state index in [-0.39, 0.29) is 0 Å². The molecule has 1 fully saturated rings. The molecule has 3 rings (SSSR count). The summed E-state index contributed by atoms with van der Waals surface area (Å²) in [6, 6.07) is 10.7. The number of hydrogen-bond donors (Lipinski definition) is 1. The number of benzene rings is 1. The molecule has 1 N–H and O–H groups in total. The first-order chi connectivity index (χ1) is 9.68. The second-order valence-electron chi connectivity index (χ2n) is 5.55. The molecular formula is C15H20N4S. The van der Waals surface area contributed by atoms with Crippen LogP contribution in [0.4, 0.5) is 5.95 Å². The van der Waals surface area contributed by atoms with Crippen molar-refractivity contribution in [1.82, 2.24) is 14.8 Å². The summed E-state index contributed by atoms with van der Waals surface area (Å²) in [4.78, 5) is 2.37. The molecule has 1 aliphatic heterocycles. The van der Waals surface area contributed by atoms with Crippen molar-refractivity contribution in [3.8, 4) is 5.69 Å².